The fraction of sp³-hybridized carbons (Fsp3) is 0.934. The second-order valence-electron chi connectivity index (χ2n) is 22.6. The summed E-state index contributed by atoms with van der Waals surface area (Å²) in [5.74, 6) is -1.39. The van der Waals surface area contributed by atoms with Gasteiger partial charge in [0, 0.05) is 25.7 Å². The lowest BCUT2D eigenvalue weighted by Gasteiger charge is -2.21. The number of carbonyl (C=O) groups is 4. The van der Waals surface area contributed by atoms with Crippen LogP contribution < -0.4 is 0 Å². The molecule has 0 aliphatic carbocycles. The third kappa shape index (κ3) is 55.3. The number of aliphatic hydroxyl groups is 1. The molecule has 0 heterocycles. The fourth-order valence-corrected chi connectivity index (χ4v) is 10.6. The molecule has 0 aliphatic rings. The molecule has 0 spiro atoms. The summed E-state index contributed by atoms with van der Waals surface area (Å²) in [6.45, 7) is 7.06. The second-order valence-corrected chi connectivity index (χ2v) is 25.5. The molecule has 3 N–H and O–H groups in total. The number of hydrogen-bond donors (Lipinski definition) is 3. The van der Waals surface area contributed by atoms with Gasteiger partial charge >= 0.3 is 39.5 Å². The van der Waals surface area contributed by atoms with Gasteiger partial charge in [0.05, 0.1) is 26.4 Å². The number of ether oxygens (including phenoxy) is 4. The van der Waals surface area contributed by atoms with E-state index in [-0.39, 0.29) is 25.7 Å². The van der Waals surface area contributed by atoms with E-state index >= 15 is 0 Å². The van der Waals surface area contributed by atoms with Crippen LogP contribution >= 0.6 is 15.6 Å². The minimum atomic E-state index is -4.94. The predicted molar refractivity (Wildman–Crippen MR) is 317 cm³/mol. The number of carbonyl (C=O) groups excluding carboxylic acids is 4. The molecule has 5 atom stereocenters. The summed E-state index contributed by atoms with van der Waals surface area (Å²) in [7, 11) is -9.87. The first-order valence-corrected chi connectivity index (χ1v) is 35.1. The second kappa shape index (κ2) is 55.0. The molecule has 17 nitrogen and oxygen atoms in total. The van der Waals surface area contributed by atoms with E-state index < -0.39 is 97.5 Å². The number of phosphoric ester groups is 2. The smallest absolute Gasteiger partial charge is 0.462 e. The van der Waals surface area contributed by atoms with Crippen LogP contribution in [-0.2, 0) is 65.4 Å². The highest BCUT2D eigenvalue weighted by Gasteiger charge is 2.30. The van der Waals surface area contributed by atoms with Crippen molar-refractivity contribution >= 4 is 39.5 Å². The molecule has 0 aliphatic heterocycles. The molecule has 0 aromatic carbocycles. The topological polar surface area (TPSA) is 237 Å². The largest absolute Gasteiger partial charge is 0.472 e. The van der Waals surface area contributed by atoms with Gasteiger partial charge in [0.2, 0.25) is 0 Å². The molecule has 0 bridgehead atoms. The van der Waals surface area contributed by atoms with Gasteiger partial charge in [-0.2, -0.15) is 0 Å². The molecule has 0 aromatic heterocycles. The standard InChI is InChI=1S/C61H118O17P2/c1-6-9-12-15-17-19-20-21-22-23-28-32-37-42-47-61(66)78-57(51-72-59(64)45-40-35-31-27-25-24-26-29-34-38-43-54(4)5)53-76-80(69,70)74-49-55(62)48-73-79(67,68)75-52-56(50-71-58(63)44-39-33-14-11-8-3)77-60(65)46-41-36-30-18-16-13-10-7-2/h54-57,62H,6-53H2,1-5H3,(H,67,68)(H,69,70)/t55-,56+,57+/m0/s1. The van der Waals surface area contributed by atoms with Crippen molar-refractivity contribution in [3.05, 3.63) is 0 Å². The molecule has 0 saturated carbocycles. The van der Waals surface area contributed by atoms with Gasteiger partial charge in [-0.15, -0.1) is 0 Å². The Bertz CT molecular complexity index is 1570. The molecule has 19 heteroatoms. The highest BCUT2D eigenvalue weighted by Crippen LogP contribution is 2.45. The summed E-state index contributed by atoms with van der Waals surface area (Å²) >= 11 is 0. The Morgan fingerprint density at radius 2 is 0.575 bits per heavy atom. The average molecular weight is 1190 g/mol. The van der Waals surface area contributed by atoms with Crippen LogP contribution in [0.5, 0.6) is 0 Å². The maximum absolute atomic E-state index is 12.9. The van der Waals surface area contributed by atoms with Gasteiger partial charge in [0.1, 0.15) is 19.3 Å². The number of esters is 4. The molecular formula is C61H118O17P2. The first kappa shape index (κ1) is 78.1. The minimum Gasteiger partial charge on any atom is -0.462 e. The van der Waals surface area contributed by atoms with Crippen molar-refractivity contribution < 1.29 is 80.2 Å². The molecule has 0 saturated heterocycles. The van der Waals surface area contributed by atoms with Gasteiger partial charge in [-0.3, -0.25) is 37.3 Å². The van der Waals surface area contributed by atoms with E-state index in [4.69, 9.17) is 37.0 Å². The number of unbranched alkanes of at least 4 members (excludes halogenated alkanes) is 33. The Balaban J connectivity index is 5.17. The van der Waals surface area contributed by atoms with E-state index in [9.17, 15) is 43.2 Å². The molecule has 0 radical (unpaired) electrons. The molecule has 2 unspecified atom stereocenters. The van der Waals surface area contributed by atoms with Crippen molar-refractivity contribution in [3.8, 4) is 0 Å². The van der Waals surface area contributed by atoms with E-state index in [0.717, 1.165) is 109 Å². The molecular weight excluding hydrogens is 1070 g/mol. The van der Waals surface area contributed by atoms with Gasteiger partial charge < -0.3 is 33.8 Å². The maximum atomic E-state index is 12.9. The lowest BCUT2D eigenvalue weighted by Crippen LogP contribution is -2.30. The van der Waals surface area contributed by atoms with Crippen molar-refractivity contribution in [1.29, 1.82) is 0 Å². The van der Waals surface area contributed by atoms with Crippen molar-refractivity contribution in [2.45, 2.75) is 323 Å². The summed E-state index contributed by atoms with van der Waals surface area (Å²) in [5, 5.41) is 10.5. The number of rotatable bonds is 61. The van der Waals surface area contributed by atoms with Gasteiger partial charge in [0.25, 0.3) is 0 Å². The fourth-order valence-electron chi connectivity index (χ4n) is 9.05. The lowest BCUT2D eigenvalue weighted by molar-refractivity contribution is -0.161. The number of aliphatic hydroxyl groups excluding tert-OH is 1. The summed E-state index contributed by atoms with van der Waals surface area (Å²) in [4.78, 5) is 71.8. The lowest BCUT2D eigenvalue weighted by atomic mass is 10.0. The van der Waals surface area contributed by atoms with Gasteiger partial charge in [0.15, 0.2) is 12.2 Å². The first-order valence-electron chi connectivity index (χ1n) is 32.1. The van der Waals surface area contributed by atoms with Gasteiger partial charge in [-0.1, -0.05) is 253 Å². The number of hydrogen-bond acceptors (Lipinski definition) is 15. The van der Waals surface area contributed by atoms with Crippen molar-refractivity contribution in [2.24, 2.45) is 5.92 Å². The first-order chi connectivity index (χ1) is 38.5. The summed E-state index contributed by atoms with van der Waals surface area (Å²) < 4.78 is 67.6. The third-order valence-electron chi connectivity index (χ3n) is 14.0. The average Bonchev–Trinajstić information content (AvgIpc) is 3.42. The monoisotopic (exact) mass is 1180 g/mol. The predicted octanol–water partition coefficient (Wildman–Crippen LogP) is 16.6. The summed E-state index contributed by atoms with van der Waals surface area (Å²) in [6.07, 6.45) is 37.9. The Labute approximate surface area is 486 Å². The van der Waals surface area contributed by atoms with Crippen molar-refractivity contribution in [2.75, 3.05) is 39.6 Å². The Morgan fingerprint density at radius 1 is 0.338 bits per heavy atom. The van der Waals surface area contributed by atoms with Crippen LogP contribution in [0.25, 0.3) is 0 Å². The zero-order valence-electron chi connectivity index (χ0n) is 51.2. The molecule has 0 amide bonds. The zero-order chi connectivity index (χ0) is 59.2. The van der Waals surface area contributed by atoms with Crippen LogP contribution in [0, 0.1) is 5.92 Å². The van der Waals surface area contributed by atoms with E-state index in [0.29, 0.717) is 25.7 Å². The van der Waals surface area contributed by atoms with Crippen LogP contribution in [0.1, 0.15) is 304 Å². The van der Waals surface area contributed by atoms with Crippen LogP contribution in [0.2, 0.25) is 0 Å². The summed E-state index contributed by atoms with van der Waals surface area (Å²) in [6, 6.07) is 0. The number of phosphoric acid groups is 2. The van der Waals surface area contributed by atoms with Crippen LogP contribution in [0.15, 0.2) is 0 Å². The molecule has 0 fully saturated rings. The Kier molecular flexibility index (Phi) is 53.6. The molecule has 80 heavy (non-hydrogen) atoms. The summed E-state index contributed by atoms with van der Waals surface area (Å²) in [5.41, 5.74) is 0. The Morgan fingerprint density at radius 3 is 0.850 bits per heavy atom. The van der Waals surface area contributed by atoms with Crippen molar-refractivity contribution in [3.63, 3.8) is 0 Å². The van der Waals surface area contributed by atoms with Crippen molar-refractivity contribution in [1.82, 2.24) is 0 Å². The normalized spacial score (nSPS) is 14.3. The molecule has 0 rings (SSSR count). The zero-order valence-corrected chi connectivity index (χ0v) is 53.0. The van der Waals surface area contributed by atoms with Crippen LogP contribution in [0.3, 0.4) is 0 Å². The van der Waals surface area contributed by atoms with Gasteiger partial charge in [-0.25, -0.2) is 9.13 Å². The minimum absolute atomic E-state index is 0.104. The highest BCUT2D eigenvalue weighted by molar-refractivity contribution is 7.47. The van der Waals surface area contributed by atoms with E-state index in [1.165, 1.54) is 116 Å². The Hall–Kier alpha value is -1.94. The molecule has 0 aromatic rings. The van der Waals surface area contributed by atoms with Crippen LogP contribution in [0.4, 0.5) is 0 Å². The van der Waals surface area contributed by atoms with E-state index in [1.54, 1.807) is 0 Å². The van der Waals surface area contributed by atoms with E-state index in [1.807, 2.05) is 0 Å². The highest BCUT2D eigenvalue weighted by atomic mass is 31.2. The quantitative estimate of drug-likeness (QED) is 0.0222. The molecule has 474 valence electrons. The van der Waals surface area contributed by atoms with Crippen LogP contribution in [-0.4, -0.2) is 96.7 Å². The third-order valence-corrected chi connectivity index (χ3v) is 15.9. The SMILES string of the molecule is CCCCCCCCCCCCCCCCC(=O)O[C@H](COC(=O)CCCCCCCCCCCCC(C)C)COP(=O)(O)OC[C@@H](O)COP(=O)(O)OC[C@@H](COC(=O)CCCCCCC)OC(=O)CCCCCCCCCC. The van der Waals surface area contributed by atoms with Gasteiger partial charge in [-0.05, 0) is 31.6 Å². The van der Waals surface area contributed by atoms with E-state index in [2.05, 4.69) is 34.6 Å². The maximum Gasteiger partial charge on any atom is 0.472 e.